The minimum absolute atomic E-state index is 0.0468. The van der Waals surface area contributed by atoms with Crippen LogP contribution >= 0.6 is 0 Å². The lowest BCUT2D eigenvalue weighted by Crippen LogP contribution is -2.34. The van der Waals surface area contributed by atoms with E-state index in [-0.39, 0.29) is 11.9 Å². The van der Waals surface area contributed by atoms with Crippen molar-refractivity contribution in [1.82, 2.24) is 5.32 Å². The summed E-state index contributed by atoms with van der Waals surface area (Å²) in [6, 6.07) is -0.408. The first-order valence-electron chi connectivity index (χ1n) is 10.3. The zero-order chi connectivity index (χ0) is 18.2. The summed E-state index contributed by atoms with van der Waals surface area (Å²) in [6.45, 7) is 2.72. The van der Waals surface area contributed by atoms with Crippen LogP contribution in [0, 0.1) is 0 Å². The van der Waals surface area contributed by atoms with E-state index in [1.807, 2.05) is 0 Å². The van der Waals surface area contributed by atoms with Crippen LogP contribution in [0.1, 0.15) is 96.8 Å². The smallest absolute Gasteiger partial charge is 0.328 e. The molecule has 1 aliphatic rings. The minimum atomic E-state index is -0.408. The molecule has 0 aromatic heterocycles. The molecule has 144 valence electrons. The van der Waals surface area contributed by atoms with Gasteiger partial charge < -0.3 is 10.1 Å². The van der Waals surface area contributed by atoms with E-state index < -0.39 is 6.04 Å². The standard InChI is InChI=1S/C21H37NO3/c1-2-3-4-5-6-7-8-9-10-11-12-13-14-15-18-25-21(24)19-16-17-20(23)22-19/h5-6,19H,2-4,7-18H2,1H3,(H,22,23)/b6-5+/t19-/m0/s1. The topological polar surface area (TPSA) is 55.4 Å². The minimum Gasteiger partial charge on any atom is -0.464 e. The van der Waals surface area contributed by atoms with Crippen molar-refractivity contribution in [2.24, 2.45) is 0 Å². The Morgan fingerprint density at radius 2 is 1.60 bits per heavy atom. The van der Waals surface area contributed by atoms with Gasteiger partial charge in [-0.05, 0) is 32.1 Å². The lowest BCUT2D eigenvalue weighted by Gasteiger charge is -2.09. The van der Waals surface area contributed by atoms with Crippen LogP contribution in [0.15, 0.2) is 12.2 Å². The van der Waals surface area contributed by atoms with Gasteiger partial charge in [0.05, 0.1) is 6.61 Å². The SMILES string of the molecule is CCCC/C=C/CCCCCCCCCCOC(=O)[C@@H]1CCC(=O)N1. The Morgan fingerprint density at radius 3 is 2.20 bits per heavy atom. The van der Waals surface area contributed by atoms with Crippen molar-refractivity contribution >= 4 is 11.9 Å². The molecule has 1 fully saturated rings. The van der Waals surface area contributed by atoms with Crippen molar-refractivity contribution < 1.29 is 14.3 Å². The summed E-state index contributed by atoms with van der Waals surface area (Å²) in [5.41, 5.74) is 0. The van der Waals surface area contributed by atoms with Crippen LogP contribution in [0.25, 0.3) is 0 Å². The summed E-state index contributed by atoms with van der Waals surface area (Å²) in [6.07, 6.45) is 20.6. The third-order valence-corrected chi connectivity index (χ3v) is 4.68. The average molecular weight is 352 g/mol. The second-order valence-electron chi connectivity index (χ2n) is 7.06. The second-order valence-corrected chi connectivity index (χ2v) is 7.06. The van der Waals surface area contributed by atoms with Gasteiger partial charge in [0.1, 0.15) is 6.04 Å². The highest BCUT2D eigenvalue weighted by Gasteiger charge is 2.28. The Labute approximate surface area is 153 Å². The predicted molar refractivity (Wildman–Crippen MR) is 102 cm³/mol. The molecule has 1 amide bonds. The number of nitrogens with one attached hydrogen (secondary N) is 1. The number of hydrogen-bond acceptors (Lipinski definition) is 3. The molecule has 1 aliphatic heterocycles. The van der Waals surface area contributed by atoms with Crippen molar-refractivity contribution in [2.75, 3.05) is 6.61 Å². The Bertz CT molecular complexity index is 393. The molecule has 0 bridgehead atoms. The summed E-state index contributed by atoms with van der Waals surface area (Å²) in [4.78, 5) is 22.7. The molecule has 1 atom stereocenters. The van der Waals surface area contributed by atoms with Crippen molar-refractivity contribution in [3.63, 3.8) is 0 Å². The van der Waals surface area contributed by atoms with E-state index in [4.69, 9.17) is 4.74 Å². The fourth-order valence-corrected chi connectivity index (χ4v) is 3.05. The lowest BCUT2D eigenvalue weighted by molar-refractivity contribution is -0.146. The summed E-state index contributed by atoms with van der Waals surface area (Å²) >= 11 is 0. The van der Waals surface area contributed by atoms with Crippen LogP contribution in [0.4, 0.5) is 0 Å². The van der Waals surface area contributed by atoms with E-state index in [0.29, 0.717) is 19.4 Å². The van der Waals surface area contributed by atoms with Crippen LogP contribution in [0.5, 0.6) is 0 Å². The van der Waals surface area contributed by atoms with Crippen molar-refractivity contribution in [3.8, 4) is 0 Å². The van der Waals surface area contributed by atoms with E-state index in [1.165, 1.54) is 64.2 Å². The molecule has 1 heterocycles. The highest BCUT2D eigenvalue weighted by molar-refractivity contribution is 5.87. The number of unbranched alkanes of at least 4 members (excludes halogenated alkanes) is 10. The molecule has 0 aromatic carbocycles. The van der Waals surface area contributed by atoms with E-state index in [2.05, 4.69) is 24.4 Å². The van der Waals surface area contributed by atoms with Gasteiger partial charge in [-0.2, -0.15) is 0 Å². The average Bonchev–Trinajstić information content (AvgIpc) is 3.04. The molecule has 1 saturated heterocycles. The van der Waals surface area contributed by atoms with E-state index in [1.54, 1.807) is 0 Å². The molecule has 4 nitrogen and oxygen atoms in total. The Hall–Kier alpha value is -1.32. The molecule has 0 saturated carbocycles. The number of esters is 1. The number of carbonyl (C=O) groups excluding carboxylic acids is 2. The van der Waals surface area contributed by atoms with Crippen LogP contribution in [-0.2, 0) is 14.3 Å². The van der Waals surface area contributed by atoms with Crippen LogP contribution in [0.2, 0.25) is 0 Å². The largest absolute Gasteiger partial charge is 0.464 e. The first kappa shape index (κ1) is 21.7. The zero-order valence-corrected chi connectivity index (χ0v) is 16.1. The van der Waals surface area contributed by atoms with Gasteiger partial charge in [0, 0.05) is 6.42 Å². The normalized spacial score (nSPS) is 17.2. The highest BCUT2D eigenvalue weighted by atomic mass is 16.5. The van der Waals surface area contributed by atoms with Gasteiger partial charge in [-0.3, -0.25) is 4.79 Å². The molecule has 0 radical (unpaired) electrons. The van der Waals surface area contributed by atoms with Crippen LogP contribution in [0.3, 0.4) is 0 Å². The lowest BCUT2D eigenvalue weighted by atomic mass is 10.1. The summed E-state index contributed by atoms with van der Waals surface area (Å²) < 4.78 is 5.22. The van der Waals surface area contributed by atoms with Gasteiger partial charge >= 0.3 is 5.97 Å². The number of ether oxygens (including phenoxy) is 1. The number of hydrogen-bond donors (Lipinski definition) is 1. The van der Waals surface area contributed by atoms with Gasteiger partial charge in [-0.25, -0.2) is 4.79 Å². The van der Waals surface area contributed by atoms with Gasteiger partial charge in [-0.1, -0.05) is 70.4 Å². The molecule has 4 heteroatoms. The third kappa shape index (κ3) is 11.8. The molecular weight excluding hydrogens is 314 g/mol. The van der Waals surface area contributed by atoms with Gasteiger partial charge in [0.2, 0.25) is 5.91 Å². The Morgan fingerprint density at radius 1 is 1.00 bits per heavy atom. The maximum atomic E-state index is 11.7. The number of allylic oxidation sites excluding steroid dienone is 2. The fraction of sp³-hybridized carbons (Fsp3) is 0.810. The van der Waals surface area contributed by atoms with Gasteiger partial charge in [-0.15, -0.1) is 0 Å². The zero-order valence-electron chi connectivity index (χ0n) is 16.1. The molecular formula is C21H37NO3. The van der Waals surface area contributed by atoms with Crippen molar-refractivity contribution in [3.05, 3.63) is 12.2 Å². The first-order valence-corrected chi connectivity index (χ1v) is 10.3. The fourth-order valence-electron chi connectivity index (χ4n) is 3.05. The first-order chi connectivity index (χ1) is 12.2. The maximum absolute atomic E-state index is 11.7. The van der Waals surface area contributed by atoms with Crippen LogP contribution in [-0.4, -0.2) is 24.5 Å². The van der Waals surface area contributed by atoms with Gasteiger partial charge in [0.15, 0.2) is 0 Å². The molecule has 0 aromatic rings. The Kier molecular flexibility index (Phi) is 13.0. The van der Waals surface area contributed by atoms with Gasteiger partial charge in [0.25, 0.3) is 0 Å². The number of carbonyl (C=O) groups is 2. The third-order valence-electron chi connectivity index (χ3n) is 4.68. The van der Waals surface area contributed by atoms with Crippen molar-refractivity contribution in [2.45, 2.75) is 103 Å². The van der Waals surface area contributed by atoms with E-state index >= 15 is 0 Å². The Balaban J connectivity index is 1.78. The van der Waals surface area contributed by atoms with Crippen molar-refractivity contribution in [1.29, 1.82) is 0 Å². The molecule has 1 rings (SSSR count). The quantitative estimate of drug-likeness (QED) is 0.255. The second kappa shape index (κ2) is 15.0. The maximum Gasteiger partial charge on any atom is 0.328 e. The summed E-state index contributed by atoms with van der Waals surface area (Å²) in [5.74, 6) is -0.316. The molecule has 1 N–H and O–H groups in total. The summed E-state index contributed by atoms with van der Waals surface area (Å²) in [7, 11) is 0. The molecule has 0 spiro atoms. The molecule has 25 heavy (non-hydrogen) atoms. The number of amides is 1. The monoisotopic (exact) mass is 351 g/mol. The van der Waals surface area contributed by atoms with E-state index in [0.717, 1.165) is 12.8 Å². The summed E-state index contributed by atoms with van der Waals surface area (Å²) in [5, 5.41) is 2.64. The predicted octanol–water partition coefficient (Wildman–Crippen LogP) is 5.07. The highest BCUT2D eigenvalue weighted by Crippen LogP contribution is 2.11. The van der Waals surface area contributed by atoms with E-state index in [9.17, 15) is 9.59 Å². The molecule has 0 aliphatic carbocycles. The molecule has 0 unspecified atom stereocenters. The van der Waals surface area contributed by atoms with Crippen LogP contribution < -0.4 is 5.32 Å². The number of rotatable bonds is 15.